The van der Waals surface area contributed by atoms with Gasteiger partial charge in [0.2, 0.25) is 0 Å². The summed E-state index contributed by atoms with van der Waals surface area (Å²) < 4.78 is 5.85. The van der Waals surface area contributed by atoms with Gasteiger partial charge < -0.3 is 14.7 Å². The first-order chi connectivity index (χ1) is 15.2. The van der Waals surface area contributed by atoms with Crippen molar-refractivity contribution in [3.63, 3.8) is 0 Å². The highest BCUT2D eigenvalue weighted by atomic mass is 35.5. The van der Waals surface area contributed by atoms with Crippen LogP contribution in [0.1, 0.15) is 90.7 Å². The number of nitrogens with zero attached hydrogens (tertiary/aromatic N) is 1. The van der Waals surface area contributed by atoms with E-state index in [2.05, 4.69) is 48.1 Å². The third-order valence-electron chi connectivity index (χ3n) is 5.92. The molecule has 0 aliphatic carbocycles. The van der Waals surface area contributed by atoms with E-state index in [1.807, 2.05) is 19.2 Å². The van der Waals surface area contributed by atoms with E-state index in [1.54, 1.807) is 0 Å². The molecular weight excluding hydrogens is 418 g/mol. The standard InChI is InChI=1S/C27H39N3O.ClH/c1-4-6-7-8-9-10-11-12-13-15-22-18-23(29-21(22)3)19-26-27(31-5-2)20-25(30-26)24-16-14-17-28-24;/h14,16-20,28,30H,4-13,15H2,1-3H3;1H. The lowest BCUT2D eigenvalue weighted by atomic mass is 10.0. The Morgan fingerprint density at radius 2 is 1.69 bits per heavy atom. The maximum Gasteiger partial charge on any atom is 0.144 e. The molecule has 3 heterocycles. The van der Waals surface area contributed by atoms with Crippen molar-refractivity contribution in [3.8, 4) is 17.1 Å². The molecule has 0 amide bonds. The average molecular weight is 458 g/mol. The molecule has 0 aromatic carbocycles. The molecule has 4 nitrogen and oxygen atoms in total. The highest BCUT2D eigenvalue weighted by Gasteiger charge is 2.14. The molecule has 1 aliphatic rings. The molecule has 1 aliphatic heterocycles. The van der Waals surface area contributed by atoms with E-state index in [0.717, 1.165) is 40.7 Å². The summed E-state index contributed by atoms with van der Waals surface area (Å²) in [5.41, 5.74) is 6.59. The van der Waals surface area contributed by atoms with Crippen molar-refractivity contribution < 1.29 is 4.74 Å². The number of hydrogen-bond donors (Lipinski definition) is 2. The summed E-state index contributed by atoms with van der Waals surface area (Å²) in [6, 6.07) is 6.11. The summed E-state index contributed by atoms with van der Waals surface area (Å²) >= 11 is 0. The Morgan fingerprint density at radius 3 is 2.34 bits per heavy atom. The molecule has 2 N–H and O–H groups in total. The van der Waals surface area contributed by atoms with Crippen LogP contribution in [0.15, 0.2) is 46.7 Å². The van der Waals surface area contributed by atoms with Crippen molar-refractivity contribution in [2.45, 2.75) is 85.0 Å². The molecular formula is C27H40ClN3O. The summed E-state index contributed by atoms with van der Waals surface area (Å²) in [4.78, 5) is 11.5. The predicted octanol–water partition coefficient (Wildman–Crippen LogP) is 8.49. The van der Waals surface area contributed by atoms with Crippen molar-refractivity contribution in [3.05, 3.63) is 47.4 Å². The number of unbranched alkanes of at least 4 members (excludes halogenated alkanes) is 8. The zero-order valence-electron chi connectivity index (χ0n) is 20.0. The van der Waals surface area contributed by atoms with Gasteiger partial charge in [0.25, 0.3) is 0 Å². The Balaban J connectivity index is 0.00000363. The van der Waals surface area contributed by atoms with Crippen molar-refractivity contribution in [1.82, 2.24) is 9.97 Å². The van der Waals surface area contributed by atoms with Gasteiger partial charge in [0.05, 0.1) is 29.4 Å². The maximum atomic E-state index is 5.85. The molecule has 2 aromatic heterocycles. The van der Waals surface area contributed by atoms with Gasteiger partial charge in [-0.15, -0.1) is 12.4 Å². The maximum absolute atomic E-state index is 5.85. The number of halogens is 1. The second-order valence-electron chi connectivity index (χ2n) is 8.49. The van der Waals surface area contributed by atoms with Crippen LogP contribution < -0.4 is 4.74 Å². The lowest BCUT2D eigenvalue weighted by molar-refractivity contribution is 0.340. The summed E-state index contributed by atoms with van der Waals surface area (Å²) in [7, 11) is 0. The molecule has 3 rings (SSSR count). The van der Waals surface area contributed by atoms with Crippen LogP contribution in [0.5, 0.6) is 5.75 Å². The Bertz CT molecular complexity index is 890. The Kier molecular flexibility index (Phi) is 11.4. The zero-order valence-corrected chi connectivity index (χ0v) is 20.8. The summed E-state index contributed by atoms with van der Waals surface area (Å²) in [6.07, 6.45) is 19.7. The minimum atomic E-state index is 0. The predicted molar refractivity (Wildman–Crippen MR) is 140 cm³/mol. The largest absolute Gasteiger partial charge is 0.492 e. The van der Waals surface area contributed by atoms with Gasteiger partial charge in [-0.1, -0.05) is 58.3 Å². The number of aromatic nitrogens is 2. The zero-order chi connectivity index (χ0) is 21.9. The number of allylic oxidation sites excluding steroid dienone is 2. The lowest BCUT2D eigenvalue weighted by Crippen LogP contribution is -1.93. The van der Waals surface area contributed by atoms with Gasteiger partial charge in [-0.2, -0.15) is 0 Å². The number of aliphatic imine (C=N–C) groups is 1. The Labute approximate surface area is 200 Å². The van der Waals surface area contributed by atoms with Gasteiger partial charge in [0.15, 0.2) is 0 Å². The fraction of sp³-hybridized carbons (Fsp3) is 0.519. The third kappa shape index (κ3) is 7.74. The van der Waals surface area contributed by atoms with E-state index in [4.69, 9.17) is 9.73 Å². The molecule has 2 aromatic rings. The molecule has 32 heavy (non-hydrogen) atoms. The number of ether oxygens (including phenoxy) is 1. The lowest BCUT2D eigenvalue weighted by Gasteiger charge is -2.03. The molecule has 176 valence electrons. The van der Waals surface area contributed by atoms with Crippen molar-refractivity contribution >= 4 is 24.2 Å². The van der Waals surface area contributed by atoms with Crippen molar-refractivity contribution in [1.29, 1.82) is 0 Å². The number of nitrogens with one attached hydrogen (secondary N) is 2. The van der Waals surface area contributed by atoms with E-state index < -0.39 is 0 Å². The fourth-order valence-electron chi connectivity index (χ4n) is 4.16. The number of rotatable bonds is 14. The van der Waals surface area contributed by atoms with Crippen LogP contribution in [0.2, 0.25) is 0 Å². The minimum Gasteiger partial charge on any atom is -0.492 e. The number of aromatic amines is 2. The first-order valence-corrected chi connectivity index (χ1v) is 12.2. The molecule has 5 heteroatoms. The highest BCUT2D eigenvalue weighted by molar-refractivity contribution is 6.02. The van der Waals surface area contributed by atoms with Gasteiger partial charge in [-0.25, -0.2) is 0 Å². The number of H-pyrrole nitrogens is 2. The smallest absolute Gasteiger partial charge is 0.144 e. The molecule has 0 bridgehead atoms. The first-order valence-electron chi connectivity index (χ1n) is 12.2. The van der Waals surface area contributed by atoms with E-state index >= 15 is 0 Å². The first kappa shape index (κ1) is 26.1. The molecule has 0 spiro atoms. The quantitative estimate of drug-likeness (QED) is 0.274. The minimum absolute atomic E-state index is 0. The second-order valence-corrected chi connectivity index (χ2v) is 8.49. The highest BCUT2D eigenvalue weighted by Crippen LogP contribution is 2.30. The van der Waals surface area contributed by atoms with E-state index in [0.29, 0.717) is 6.61 Å². The van der Waals surface area contributed by atoms with Crippen LogP contribution in [-0.2, 0) is 0 Å². The second kappa shape index (κ2) is 14.1. The molecule has 0 radical (unpaired) electrons. The van der Waals surface area contributed by atoms with E-state index in [-0.39, 0.29) is 12.4 Å². The van der Waals surface area contributed by atoms with Gasteiger partial charge in [-0.05, 0) is 56.5 Å². The summed E-state index contributed by atoms with van der Waals surface area (Å²) in [6.45, 7) is 7.06. The van der Waals surface area contributed by atoms with Crippen LogP contribution in [0.25, 0.3) is 17.5 Å². The third-order valence-corrected chi connectivity index (χ3v) is 5.92. The van der Waals surface area contributed by atoms with Gasteiger partial charge in [-0.3, -0.25) is 4.99 Å². The van der Waals surface area contributed by atoms with E-state index in [9.17, 15) is 0 Å². The molecule has 0 fully saturated rings. The van der Waals surface area contributed by atoms with Crippen molar-refractivity contribution in [2.24, 2.45) is 4.99 Å². The monoisotopic (exact) mass is 457 g/mol. The Morgan fingerprint density at radius 1 is 0.969 bits per heavy atom. The summed E-state index contributed by atoms with van der Waals surface area (Å²) in [5, 5.41) is 0. The molecule has 0 atom stereocenters. The molecule has 0 saturated carbocycles. The van der Waals surface area contributed by atoms with Gasteiger partial charge in [0, 0.05) is 18.0 Å². The van der Waals surface area contributed by atoms with Crippen LogP contribution in [0, 0.1) is 0 Å². The van der Waals surface area contributed by atoms with Gasteiger partial charge >= 0.3 is 0 Å². The number of hydrogen-bond acceptors (Lipinski definition) is 2. The topological polar surface area (TPSA) is 53.2 Å². The fourth-order valence-corrected chi connectivity index (χ4v) is 4.16. The van der Waals surface area contributed by atoms with Crippen LogP contribution in [0.3, 0.4) is 0 Å². The van der Waals surface area contributed by atoms with Crippen LogP contribution in [0.4, 0.5) is 0 Å². The Hall–Kier alpha value is -2.20. The SMILES string of the molecule is CCCCCCCCCCCC1=CC(=Cc2[nH]c(-c3ccc[nH]3)cc2OCC)N=C1C.Cl. The van der Waals surface area contributed by atoms with Gasteiger partial charge in [0.1, 0.15) is 5.75 Å². The average Bonchev–Trinajstić information content (AvgIpc) is 3.49. The van der Waals surface area contributed by atoms with Crippen LogP contribution in [-0.4, -0.2) is 22.3 Å². The van der Waals surface area contributed by atoms with E-state index in [1.165, 1.54) is 63.4 Å². The summed E-state index contributed by atoms with van der Waals surface area (Å²) in [5.74, 6) is 0.869. The molecule has 0 saturated heterocycles. The van der Waals surface area contributed by atoms with Crippen LogP contribution >= 0.6 is 12.4 Å². The normalized spacial score (nSPS) is 14.4. The van der Waals surface area contributed by atoms with Crippen molar-refractivity contribution in [2.75, 3.05) is 6.61 Å². The molecule has 0 unspecified atom stereocenters.